The number of amides is 1. The largest absolute Gasteiger partial charge is 0.396 e. The van der Waals surface area contributed by atoms with Gasteiger partial charge in [0.05, 0.1) is 0 Å². The average molecular weight is 449 g/mol. The number of carbonyl (C=O) groups excluding carboxylic acids is 1. The molecule has 0 atom stereocenters. The van der Waals surface area contributed by atoms with Crippen LogP contribution >= 0.6 is 0 Å². The Morgan fingerprint density at radius 2 is 1.97 bits per heavy atom. The second kappa shape index (κ2) is 9.41. The molecule has 1 aliphatic rings. The second-order valence-electron chi connectivity index (χ2n) is 8.42. The number of nitrogens with one attached hydrogen (secondary N) is 1. The lowest BCUT2D eigenvalue weighted by Gasteiger charge is -2.31. The number of aryl methyl sites for hydroxylation is 1. The third-order valence-corrected chi connectivity index (χ3v) is 6.20. The standard InChI is InChI=1S/C24H28N6O3/c1-15-18(4-3-5-19(15)23(25)32)17-12-20(24(33)29(2)13-17)26-21-6-7-22(28-27-21)30-10-8-16(14-31)9-11-30/h3-7,12-13,16,31H,8-11,14H2,1-2H3,(H2,25,32)(H,26,27). The first-order valence-corrected chi connectivity index (χ1v) is 10.9. The third-order valence-electron chi connectivity index (χ3n) is 6.20. The number of aliphatic hydroxyl groups excluding tert-OH is 1. The van der Waals surface area contributed by atoms with Crippen LogP contribution in [0, 0.1) is 12.8 Å². The van der Waals surface area contributed by atoms with Crippen molar-refractivity contribution in [3.8, 4) is 11.1 Å². The van der Waals surface area contributed by atoms with Crippen LogP contribution in [0.15, 0.2) is 47.4 Å². The number of hydrogen-bond donors (Lipinski definition) is 3. The van der Waals surface area contributed by atoms with Gasteiger partial charge >= 0.3 is 0 Å². The van der Waals surface area contributed by atoms with E-state index in [2.05, 4.69) is 20.4 Å². The Kier molecular flexibility index (Phi) is 6.41. The molecule has 9 heteroatoms. The molecule has 33 heavy (non-hydrogen) atoms. The number of nitrogens with zero attached hydrogens (tertiary/aromatic N) is 4. The molecule has 0 aliphatic carbocycles. The van der Waals surface area contributed by atoms with Gasteiger partial charge in [0.2, 0.25) is 5.91 Å². The Hall–Kier alpha value is -3.72. The predicted molar refractivity (Wildman–Crippen MR) is 128 cm³/mol. The lowest BCUT2D eigenvalue weighted by molar-refractivity contribution is 0.0999. The van der Waals surface area contributed by atoms with Gasteiger partial charge in [-0.05, 0) is 61.1 Å². The van der Waals surface area contributed by atoms with E-state index in [9.17, 15) is 14.7 Å². The summed E-state index contributed by atoms with van der Waals surface area (Å²) < 4.78 is 1.49. The molecule has 2 aromatic heterocycles. The molecule has 0 saturated carbocycles. The Morgan fingerprint density at radius 1 is 1.21 bits per heavy atom. The molecule has 1 aliphatic heterocycles. The van der Waals surface area contributed by atoms with Crippen molar-refractivity contribution in [3.63, 3.8) is 0 Å². The fraction of sp³-hybridized carbons (Fsp3) is 0.333. The van der Waals surface area contributed by atoms with Crippen LogP contribution in [0.4, 0.5) is 17.3 Å². The highest BCUT2D eigenvalue weighted by molar-refractivity contribution is 5.96. The number of pyridine rings is 1. The summed E-state index contributed by atoms with van der Waals surface area (Å²) in [7, 11) is 1.68. The van der Waals surface area contributed by atoms with Crippen LogP contribution in [0.1, 0.15) is 28.8 Å². The maximum absolute atomic E-state index is 12.7. The van der Waals surface area contributed by atoms with Crippen molar-refractivity contribution in [1.82, 2.24) is 14.8 Å². The molecule has 4 rings (SSSR count). The van der Waals surface area contributed by atoms with E-state index in [1.165, 1.54) is 4.57 Å². The molecule has 1 amide bonds. The van der Waals surface area contributed by atoms with Crippen molar-refractivity contribution in [1.29, 1.82) is 0 Å². The number of piperidine rings is 1. The number of benzene rings is 1. The molecule has 0 radical (unpaired) electrons. The molecule has 4 N–H and O–H groups in total. The topological polar surface area (TPSA) is 126 Å². The number of anilines is 3. The van der Waals surface area contributed by atoms with Crippen molar-refractivity contribution >= 4 is 23.2 Å². The van der Waals surface area contributed by atoms with E-state index < -0.39 is 5.91 Å². The molecule has 0 unspecified atom stereocenters. The highest BCUT2D eigenvalue weighted by atomic mass is 16.3. The zero-order chi connectivity index (χ0) is 23.5. The van der Waals surface area contributed by atoms with Crippen LogP contribution in [0.2, 0.25) is 0 Å². The van der Waals surface area contributed by atoms with Gasteiger partial charge in [0.1, 0.15) is 5.69 Å². The molecular weight excluding hydrogens is 420 g/mol. The summed E-state index contributed by atoms with van der Waals surface area (Å²) in [5, 5.41) is 21.0. The van der Waals surface area contributed by atoms with Gasteiger partial charge in [-0.1, -0.05) is 12.1 Å². The summed E-state index contributed by atoms with van der Waals surface area (Å²) >= 11 is 0. The number of carbonyl (C=O) groups is 1. The smallest absolute Gasteiger partial charge is 0.274 e. The number of aromatic nitrogens is 3. The van der Waals surface area contributed by atoms with Gasteiger partial charge < -0.3 is 25.6 Å². The second-order valence-corrected chi connectivity index (χ2v) is 8.42. The van der Waals surface area contributed by atoms with E-state index in [0.29, 0.717) is 23.0 Å². The van der Waals surface area contributed by atoms with Crippen LogP contribution in [0.25, 0.3) is 11.1 Å². The number of nitrogens with two attached hydrogens (primary N) is 1. The zero-order valence-electron chi connectivity index (χ0n) is 18.8. The van der Waals surface area contributed by atoms with Gasteiger partial charge in [0, 0.05) is 44.1 Å². The number of rotatable bonds is 6. The Balaban J connectivity index is 1.58. The molecule has 172 valence electrons. The van der Waals surface area contributed by atoms with Gasteiger partial charge in [-0.3, -0.25) is 9.59 Å². The van der Waals surface area contributed by atoms with Gasteiger partial charge in [-0.25, -0.2) is 0 Å². The first kappa shape index (κ1) is 22.5. The maximum atomic E-state index is 12.7. The van der Waals surface area contributed by atoms with Crippen molar-refractivity contribution in [2.75, 3.05) is 29.9 Å². The first-order valence-electron chi connectivity index (χ1n) is 10.9. The lowest BCUT2D eigenvalue weighted by atomic mass is 9.97. The number of primary amides is 1. The van der Waals surface area contributed by atoms with Crippen LogP contribution < -0.4 is 21.5 Å². The van der Waals surface area contributed by atoms with E-state index in [4.69, 9.17) is 5.73 Å². The molecular formula is C24H28N6O3. The zero-order valence-corrected chi connectivity index (χ0v) is 18.8. The Bertz CT molecular complexity index is 1210. The maximum Gasteiger partial charge on any atom is 0.274 e. The third kappa shape index (κ3) is 4.73. The summed E-state index contributed by atoms with van der Waals surface area (Å²) in [6, 6.07) is 10.8. The Labute approximate surface area is 191 Å². The summed E-state index contributed by atoms with van der Waals surface area (Å²) in [4.78, 5) is 26.6. The fourth-order valence-electron chi connectivity index (χ4n) is 4.21. The lowest BCUT2D eigenvalue weighted by Crippen LogP contribution is -2.35. The molecule has 0 bridgehead atoms. The van der Waals surface area contributed by atoms with Crippen molar-refractivity contribution in [3.05, 3.63) is 64.1 Å². The van der Waals surface area contributed by atoms with Gasteiger partial charge in [0.25, 0.3) is 5.56 Å². The van der Waals surface area contributed by atoms with E-state index >= 15 is 0 Å². The van der Waals surface area contributed by atoms with E-state index in [1.54, 1.807) is 37.5 Å². The molecule has 3 heterocycles. The molecule has 1 saturated heterocycles. The summed E-state index contributed by atoms with van der Waals surface area (Å²) in [6.07, 6.45) is 3.58. The number of aliphatic hydroxyl groups is 1. The van der Waals surface area contributed by atoms with Gasteiger partial charge in [0.15, 0.2) is 11.6 Å². The molecule has 0 spiro atoms. The van der Waals surface area contributed by atoms with Crippen molar-refractivity contribution in [2.24, 2.45) is 18.7 Å². The highest BCUT2D eigenvalue weighted by Gasteiger charge is 2.20. The van der Waals surface area contributed by atoms with Crippen LogP contribution in [-0.4, -0.2) is 45.5 Å². The molecule has 9 nitrogen and oxygen atoms in total. The van der Waals surface area contributed by atoms with E-state index in [1.807, 2.05) is 19.1 Å². The minimum Gasteiger partial charge on any atom is -0.396 e. The van der Waals surface area contributed by atoms with Crippen molar-refractivity contribution < 1.29 is 9.90 Å². The summed E-state index contributed by atoms with van der Waals surface area (Å²) in [5.74, 6) is 1.10. The minimum atomic E-state index is -0.492. The molecule has 3 aromatic rings. The van der Waals surface area contributed by atoms with E-state index in [-0.39, 0.29) is 12.2 Å². The summed E-state index contributed by atoms with van der Waals surface area (Å²) in [5.41, 5.74) is 8.42. The fourth-order valence-corrected chi connectivity index (χ4v) is 4.21. The normalized spacial score (nSPS) is 14.3. The quantitative estimate of drug-likeness (QED) is 0.528. The van der Waals surface area contributed by atoms with Crippen molar-refractivity contribution in [2.45, 2.75) is 19.8 Å². The number of hydrogen-bond acceptors (Lipinski definition) is 7. The Morgan fingerprint density at radius 3 is 2.61 bits per heavy atom. The van der Waals surface area contributed by atoms with Crippen LogP contribution in [0.5, 0.6) is 0 Å². The van der Waals surface area contributed by atoms with E-state index in [0.717, 1.165) is 48.4 Å². The summed E-state index contributed by atoms with van der Waals surface area (Å²) in [6.45, 7) is 3.72. The van der Waals surface area contributed by atoms with Gasteiger partial charge in [-0.2, -0.15) is 0 Å². The predicted octanol–water partition coefficient (Wildman–Crippen LogP) is 2.20. The minimum absolute atomic E-state index is 0.209. The molecule has 1 aromatic carbocycles. The first-order chi connectivity index (χ1) is 15.9. The monoisotopic (exact) mass is 448 g/mol. The van der Waals surface area contributed by atoms with Gasteiger partial charge in [-0.15, -0.1) is 10.2 Å². The van der Waals surface area contributed by atoms with Crippen LogP contribution in [-0.2, 0) is 7.05 Å². The SMILES string of the molecule is Cc1c(C(N)=O)cccc1-c1cc(Nc2ccc(N3CCC(CO)CC3)nn2)c(=O)n(C)c1. The highest BCUT2D eigenvalue weighted by Crippen LogP contribution is 2.27. The van der Waals surface area contributed by atoms with Crippen LogP contribution in [0.3, 0.4) is 0 Å². The average Bonchev–Trinajstić information content (AvgIpc) is 2.82. The molecule has 1 fully saturated rings.